The minimum Gasteiger partial charge on any atom is -0.506 e. The summed E-state index contributed by atoms with van der Waals surface area (Å²) < 4.78 is 0.681. The Morgan fingerprint density at radius 1 is 0.818 bits per heavy atom. The summed E-state index contributed by atoms with van der Waals surface area (Å²) in [4.78, 5) is 20.6. The molecule has 0 unspecified atom stereocenters. The van der Waals surface area contributed by atoms with E-state index in [4.69, 9.17) is 10.2 Å². The standard InChI is InChI=1S/C8H7BrO2.C7H5BrO3/c1-5-2-3-6(4-10)7(9)8(5)11;8-6-4(3-9)1-2-5(10)7(6)11/h2-4,11H,1H3;1-3,10-11H. The number of aryl methyl sites for hydroxylation is 1. The van der Waals surface area contributed by atoms with E-state index in [0.717, 1.165) is 5.56 Å². The smallest absolute Gasteiger partial charge is 0.172 e. The first-order chi connectivity index (χ1) is 10.3. The van der Waals surface area contributed by atoms with Crippen molar-refractivity contribution in [1.29, 1.82) is 0 Å². The Morgan fingerprint density at radius 2 is 1.27 bits per heavy atom. The average Bonchev–Trinajstić information content (AvgIpc) is 2.51. The summed E-state index contributed by atoms with van der Waals surface area (Å²) in [7, 11) is 0. The molecule has 2 rings (SSSR count). The number of phenolic OH excluding ortho intramolecular Hbond substituents is 3. The number of phenols is 3. The maximum atomic E-state index is 10.3. The van der Waals surface area contributed by atoms with Crippen molar-refractivity contribution in [3.8, 4) is 17.2 Å². The van der Waals surface area contributed by atoms with E-state index in [0.29, 0.717) is 28.2 Å². The van der Waals surface area contributed by atoms with Gasteiger partial charge in [0.25, 0.3) is 0 Å². The van der Waals surface area contributed by atoms with Crippen molar-refractivity contribution in [3.05, 3.63) is 49.9 Å². The number of carbonyl (C=O) groups is 2. The molecule has 0 aliphatic carbocycles. The number of aldehydes is 2. The van der Waals surface area contributed by atoms with Crippen LogP contribution in [0.25, 0.3) is 0 Å². The lowest BCUT2D eigenvalue weighted by Gasteiger charge is -2.02. The molecule has 0 bridgehead atoms. The maximum absolute atomic E-state index is 10.3. The zero-order chi connectivity index (χ0) is 16.9. The van der Waals surface area contributed by atoms with Crippen molar-refractivity contribution in [2.45, 2.75) is 6.92 Å². The molecule has 7 heteroatoms. The summed E-state index contributed by atoms with van der Waals surface area (Å²) in [5.74, 6) is -0.424. The monoisotopic (exact) mass is 430 g/mol. The molecule has 0 aliphatic heterocycles. The van der Waals surface area contributed by atoms with Crippen LogP contribution in [0.15, 0.2) is 33.2 Å². The first kappa shape index (κ1) is 18.2. The molecular formula is C15H12Br2O5. The van der Waals surface area contributed by atoms with Gasteiger partial charge in [0.2, 0.25) is 0 Å². The van der Waals surface area contributed by atoms with Crippen LogP contribution in [0, 0.1) is 6.92 Å². The highest BCUT2D eigenvalue weighted by Gasteiger charge is 2.07. The number of rotatable bonds is 2. The first-order valence-electron chi connectivity index (χ1n) is 5.92. The Kier molecular flexibility index (Phi) is 6.58. The first-order valence-corrected chi connectivity index (χ1v) is 7.50. The van der Waals surface area contributed by atoms with E-state index in [9.17, 15) is 14.7 Å². The van der Waals surface area contributed by atoms with Crippen LogP contribution in [0.3, 0.4) is 0 Å². The molecular weight excluding hydrogens is 420 g/mol. The molecule has 0 fully saturated rings. The van der Waals surface area contributed by atoms with Gasteiger partial charge in [-0.3, -0.25) is 9.59 Å². The SMILES string of the molecule is Cc1ccc(C=O)c(Br)c1O.O=Cc1ccc(O)c(O)c1Br. The molecule has 0 spiro atoms. The van der Waals surface area contributed by atoms with Crippen molar-refractivity contribution in [3.63, 3.8) is 0 Å². The van der Waals surface area contributed by atoms with Crippen LogP contribution < -0.4 is 0 Å². The van der Waals surface area contributed by atoms with Gasteiger partial charge in [-0.15, -0.1) is 0 Å². The quantitative estimate of drug-likeness (QED) is 0.494. The second kappa shape index (κ2) is 7.95. The van der Waals surface area contributed by atoms with Gasteiger partial charge in [0.15, 0.2) is 24.1 Å². The normalized spacial score (nSPS) is 9.59. The van der Waals surface area contributed by atoms with Crippen LogP contribution in [0.1, 0.15) is 26.3 Å². The van der Waals surface area contributed by atoms with E-state index in [2.05, 4.69) is 31.9 Å². The summed E-state index contributed by atoms with van der Waals surface area (Å²) in [5.41, 5.74) is 1.52. The van der Waals surface area contributed by atoms with E-state index < -0.39 is 0 Å². The van der Waals surface area contributed by atoms with Crippen LogP contribution in [-0.2, 0) is 0 Å². The van der Waals surface area contributed by atoms with Crippen molar-refractivity contribution < 1.29 is 24.9 Å². The fraction of sp³-hybridized carbons (Fsp3) is 0.0667. The predicted octanol–water partition coefficient (Wildman–Crippen LogP) is 3.95. The largest absolute Gasteiger partial charge is 0.506 e. The van der Waals surface area contributed by atoms with Crippen LogP contribution >= 0.6 is 31.9 Å². The van der Waals surface area contributed by atoms with E-state index in [1.165, 1.54) is 12.1 Å². The second-order valence-electron chi connectivity index (χ2n) is 4.21. The third-order valence-corrected chi connectivity index (χ3v) is 4.39. The fourth-order valence-electron chi connectivity index (χ4n) is 1.43. The highest BCUT2D eigenvalue weighted by atomic mass is 79.9. The van der Waals surface area contributed by atoms with Gasteiger partial charge in [0.1, 0.15) is 5.75 Å². The lowest BCUT2D eigenvalue weighted by atomic mass is 10.1. The molecule has 116 valence electrons. The molecule has 5 nitrogen and oxygen atoms in total. The number of halogens is 2. The third kappa shape index (κ3) is 4.08. The molecule has 0 aliphatic rings. The lowest BCUT2D eigenvalue weighted by molar-refractivity contribution is 0.111. The Hall–Kier alpha value is -1.86. The third-order valence-electron chi connectivity index (χ3n) is 2.73. The number of aromatic hydroxyl groups is 3. The molecule has 2 aromatic carbocycles. The highest BCUT2D eigenvalue weighted by molar-refractivity contribution is 9.11. The molecule has 0 saturated carbocycles. The Labute approximate surface area is 143 Å². The van der Waals surface area contributed by atoms with Gasteiger partial charge in [-0.1, -0.05) is 12.1 Å². The van der Waals surface area contributed by atoms with Gasteiger partial charge in [-0.05, 0) is 56.5 Å². The van der Waals surface area contributed by atoms with Crippen LogP contribution in [0.5, 0.6) is 17.2 Å². The number of hydrogen-bond donors (Lipinski definition) is 3. The molecule has 0 aromatic heterocycles. The van der Waals surface area contributed by atoms with Gasteiger partial charge in [0.05, 0.1) is 8.95 Å². The molecule has 0 heterocycles. The topological polar surface area (TPSA) is 94.8 Å². The minimum absolute atomic E-state index is 0.134. The summed E-state index contributed by atoms with van der Waals surface area (Å²) in [5, 5.41) is 27.3. The van der Waals surface area contributed by atoms with Crippen LogP contribution in [-0.4, -0.2) is 27.9 Å². The van der Waals surface area contributed by atoms with Crippen molar-refractivity contribution >= 4 is 44.4 Å². The van der Waals surface area contributed by atoms with E-state index in [1.807, 2.05) is 0 Å². The average molecular weight is 432 g/mol. The molecule has 22 heavy (non-hydrogen) atoms. The van der Waals surface area contributed by atoms with Gasteiger partial charge in [-0.2, -0.15) is 0 Å². The van der Waals surface area contributed by atoms with Crippen LogP contribution in [0.4, 0.5) is 0 Å². The molecule has 3 N–H and O–H groups in total. The van der Waals surface area contributed by atoms with Crippen LogP contribution in [0.2, 0.25) is 0 Å². The second-order valence-corrected chi connectivity index (χ2v) is 5.79. The number of carbonyl (C=O) groups excluding carboxylic acids is 2. The van der Waals surface area contributed by atoms with Gasteiger partial charge < -0.3 is 15.3 Å². The highest BCUT2D eigenvalue weighted by Crippen LogP contribution is 2.34. The van der Waals surface area contributed by atoms with E-state index in [-0.39, 0.29) is 21.7 Å². The molecule has 2 aromatic rings. The fourth-order valence-corrected chi connectivity index (χ4v) is 2.40. The Balaban J connectivity index is 0.000000220. The van der Waals surface area contributed by atoms with E-state index >= 15 is 0 Å². The van der Waals surface area contributed by atoms with Crippen molar-refractivity contribution in [1.82, 2.24) is 0 Å². The molecule has 0 saturated heterocycles. The zero-order valence-corrected chi connectivity index (χ0v) is 14.6. The predicted molar refractivity (Wildman–Crippen MR) is 88.8 cm³/mol. The Bertz CT molecular complexity index is 652. The zero-order valence-electron chi connectivity index (χ0n) is 11.4. The Morgan fingerprint density at radius 3 is 1.77 bits per heavy atom. The summed E-state index contributed by atoms with van der Waals surface area (Å²) in [6.45, 7) is 1.77. The summed E-state index contributed by atoms with van der Waals surface area (Å²) in [6, 6.07) is 6.02. The summed E-state index contributed by atoms with van der Waals surface area (Å²) >= 11 is 6.06. The van der Waals surface area contributed by atoms with Gasteiger partial charge in [-0.25, -0.2) is 0 Å². The summed E-state index contributed by atoms with van der Waals surface area (Å²) in [6.07, 6.45) is 1.28. The molecule has 0 radical (unpaired) electrons. The van der Waals surface area contributed by atoms with Crippen molar-refractivity contribution in [2.24, 2.45) is 0 Å². The minimum atomic E-state index is -0.311. The van der Waals surface area contributed by atoms with E-state index in [1.54, 1.807) is 19.1 Å². The lowest BCUT2D eigenvalue weighted by Crippen LogP contribution is -1.84. The number of benzene rings is 2. The molecule has 0 amide bonds. The van der Waals surface area contributed by atoms with Gasteiger partial charge >= 0.3 is 0 Å². The maximum Gasteiger partial charge on any atom is 0.172 e. The van der Waals surface area contributed by atoms with Gasteiger partial charge in [0, 0.05) is 11.1 Å². The number of hydrogen-bond acceptors (Lipinski definition) is 5. The van der Waals surface area contributed by atoms with Crippen molar-refractivity contribution in [2.75, 3.05) is 0 Å². The molecule has 0 atom stereocenters.